The molecule has 0 spiro atoms. The van der Waals surface area contributed by atoms with Crippen molar-refractivity contribution in [1.29, 1.82) is 0 Å². The fourth-order valence-corrected chi connectivity index (χ4v) is 1.28. The first-order valence-electron chi connectivity index (χ1n) is 5.18. The van der Waals surface area contributed by atoms with Gasteiger partial charge in [0.2, 0.25) is 0 Å². The predicted octanol–water partition coefficient (Wildman–Crippen LogP) is 1.15. The third-order valence-corrected chi connectivity index (χ3v) is 3.14. The highest BCUT2D eigenvalue weighted by Gasteiger charge is 2.23. The number of carbonyl (C=O) groups is 2. The molecule has 0 radical (unpaired) electrons. The van der Waals surface area contributed by atoms with Crippen molar-refractivity contribution < 1.29 is 14.7 Å². The Morgan fingerprint density at radius 3 is 2.25 bits per heavy atom. The molecular formula is C10H20N2O3S. The highest BCUT2D eigenvalue weighted by Crippen LogP contribution is 2.03. The molecule has 3 N–H and O–H groups in total. The lowest BCUT2D eigenvalue weighted by molar-refractivity contribution is -0.140. The maximum Gasteiger partial charge on any atom is 0.326 e. The summed E-state index contributed by atoms with van der Waals surface area (Å²) < 4.78 is 0. The Labute approximate surface area is 100 Å². The highest BCUT2D eigenvalue weighted by atomic mass is 32.2. The fraction of sp³-hybridized carbons (Fsp3) is 0.800. The number of urea groups is 1. The molecule has 5 nitrogen and oxygen atoms in total. The van der Waals surface area contributed by atoms with Gasteiger partial charge in [-0.3, -0.25) is 0 Å². The van der Waals surface area contributed by atoms with Gasteiger partial charge in [0.05, 0.1) is 0 Å². The van der Waals surface area contributed by atoms with E-state index in [-0.39, 0.29) is 5.92 Å². The van der Waals surface area contributed by atoms with Crippen molar-refractivity contribution in [3.05, 3.63) is 0 Å². The molecular weight excluding hydrogens is 228 g/mol. The predicted molar refractivity (Wildman–Crippen MR) is 65.8 cm³/mol. The van der Waals surface area contributed by atoms with Gasteiger partial charge in [0.25, 0.3) is 0 Å². The molecule has 0 saturated heterocycles. The number of carboxylic acids is 1. The number of amides is 2. The van der Waals surface area contributed by atoms with Gasteiger partial charge in [0.15, 0.2) is 0 Å². The molecule has 0 aliphatic rings. The van der Waals surface area contributed by atoms with E-state index in [1.165, 1.54) is 0 Å². The second kappa shape index (κ2) is 7.38. The molecule has 0 bridgehead atoms. The zero-order chi connectivity index (χ0) is 12.7. The fourth-order valence-electron chi connectivity index (χ4n) is 1.03. The summed E-state index contributed by atoms with van der Waals surface area (Å²) in [6, 6.07) is -1.27. The molecule has 0 rings (SSSR count). The molecule has 1 unspecified atom stereocenters. The summed E-state index contributed by atoms with van der Waals surface area (Å²) in [6.45, 7) is 6.02. The second-order valence-electron chi connectivity index (χ2n) is 3.96. The van der Waals surface area contributed by atoms with Gasteiger partial charge in [-0.2, -0.15) is 11.8 Å². The van der Waals surface area contributed by atoms with Crippen molar-refractivity contribution in [2.24, 2.45) is 5.92 Å². The van der Waals surface area contributed by atoms with Crippen molar-refractivity contribution in [1.82, 2.24) is 10.6 Å². The van der Waals surface area contributed by atoms with Crippen LogP contribution in [0.1, 0.15) is 20.8 Å². The quantitative estimate of drug-likeness (QED) is 0.659. The Morgan fingerprint density at radius 2 is 1.88 bits per heavy atom. The maximum absolute atomic E-state index is 11.4. The topological polar surface area (TPSA) is 78.4 Å². The first-order valence-corrected chi connectivity index (χ1v) is 6.47. The maximum atomic E-state index is 11.4. The molecule has 0 saturated carbocycles. The van der Waals surface area contributed by atoms with Gasteiger partial charge >= 0.3 is 12.0 Å². The lowest BCUT2D eigenvalue weighted by Crippen LogP contribution is -2.49. The molecule has 0 aromatic heterocycles. The van der Waals surface area contributed by atoms with Crippen LogP contribution in [0, 0.1) is 5.92 Å². The van der Waals surface area contributed by atoms with E-state index in [2.05, 4.69) is 10.6 Å². The van der Waals surface area contributed by atoms with E-state index in [1.807, 2.05) is 13.2 Å². The molecule has 16 heavy (non-hydrogen) atoms. The third-order valence-electron chi connectivity index (χ3n) is 2.17. The number of rotatable bonds is 6. The van der Waals surface area contributed by atoms with Crippen molar-refractivity contribution in [2.45, 2.75) is 32.1 Å². The van der Waals surface area contributed by atoms with Crippen LogP contribution in [-0.4, -0.2) is 41.2 Å². The van der Waals surface area contributed by atoms with Gasteiger partial charge in [-0.1, -0.05) is 20.8 Å². The average Bonchev–Trinajstić information content (AvgIpc) is 2.21. The van der Waals surface area contributed by atoms with Crippen LogP contribution in [0.4, 0.5) is 4.79 Å². The van der Waals surface area contributed by atoms with E-state index in [9.17, 15) is 9.59 Å². The number of hydrogen-bond donors (Lipinski definition) is 3. The van der Waals surface area contributed by atoms with Crippen molar-refractivity contribution >= 4 is 23.8 Å². The minimum atomic E-state index is -1.01. The molecule has 2 amide bonds. The molecule has 0 aliphatic heterocycles. The number of nitrogens with one attached hydrogen (secondary N) is 2. The number of thioether (sulfide) groups is 1. The van der Waals surface area contributed by atoms with Crippen LogP contribution in [-0.2, 0) is 4.79 Å². The lowest BCUT2D eigenvalue weighted by Gasteiger charge is -2.19. The highest BCUT2D eigenvalue weighted by molar-refractivity contribution is 7.99. The normalized spacial score (nSPS) is 14.3. The average molecular weight is 248 g/mol. The molecule has 0 fully saturated rings. The monoisotopic (exact) mass is 248 g/mol. The van der Waals surface area contributed by atoms with Gasteiger partial charge in [0, 0.05) is 11.8 Å². The van der Waals surface area contributed by atoms with Gasteiger partial charge in [0.1, 0.15) is 6.04 Å². The molecule has 0 aromatic carbocycles. The first-order chi connectivity index (χ1) is 7.38. The lowest BCUT2D eigenvalue weighted by atomic mass is 10.1. The van der Waals surface area contributed by atoms with Crippen molar-refractivity contribution in [2.75, 3.05) is 12.8 Å². The third kappa shape index (κ3) is 5.85. The van der Waals surface area contributed by atoms with Crippen molar-refractivity contribution in [3.63, 3.8) is 0 Å². The molecule has 2 atom stereocenters. The van der Waals surface area contributed by atoms with E-state index >= 15 is 0 Å². The zero-order valence-corrected chi connectivity index (χ0v) is 10.9. The molecule has 0 aromatic rings. The Morgan fingerprint density at radius 1 is 1.31 bits per heavy atom. The summed E-state index contributed by atoms with van der Waals surface area (Å²) in [4.78, 5) is 22.2. The van der Waals surface area contributed by atoms with Crippen LogP contribution < -0.4 is 10.6 Å². The van der Waals surface area contributed by atoms with Gasteiger partial charge < -0.3 is 15.7 Å². The Bertz CT molecular complexity index is 246. The van der Waals surface area contributed by atoms with Crippen LogP contribution in [0.15, 0.2) is 0 Å². The molecule has 6 heteroatoms. The summed E-state index contributed by atoms with van der Waals surface area (Å²) in [5.41, 5.74) is 0. The van der Waals surface area contributed by atoms with Crippen molar-refractivity contribution in [3.8, 4) is 0 Å². The standard InChI is InChI=1S/C10H20N2O3S/c1-6(2)8(9(13)14)12-10(15)11-5-7(3)16-4/h6-8H,5H2,1-4H3,(H,13,14)(H2,11,12,15)/t7?,8-/m0/s1. The minimum absolute atomic E-state index is 0.138. The van der Waals surface area contributed by atoms with Crippen LogP contribution in [0.2, 0.25) is 0 Å². The largest absolute Gasteiger partial charge is 0.480 e. The van der Waals surface area contributed by atoms with Crippen LogP contribution in [0.3, 0.4) is 0 Å². The summed E-state index contributed by atoms with van der Waals surface area (Å²) in [7, 11) is 0. The number of carbonyl (C=O) groups excluding carboxylic acids is 1. The molecule has 0 heterocycles. The molecule has 0 aliphatic carbocycles. The number of hydrogen-bond acceptors (Lipinski definition) is 3. The number of carboxylic acid groups (broad SMARTS) is 1. The van der Waals surface area contributed by atoms with Gasteiger partial charge in [-0.05, 0) is 12.2 Å². The Balaban J connectivity index is 4.06. The van der Waals surface area contributed by atoms with E-state index in [0.29, 0.717) is 11.8 Å². The van der Waals surface area contributed by atoms with Crippen LogP contribution in [0.5, 0.6) is 0 Å². The van der Waals surface area contributed by atoms with E-state index in [0.717, 1.165) is 0 Å². The first kappa shape index (κ1) is 15.1. The van der Waals surface area contributed by atoms with Gasteiger partial charge in [-0.25, -0.2) is 9.59 Å². The van der Waals surface area contributed by atoms with E-state index in [4.69, 9.17) is 5.11 Å². The zero-order valence-electron chi connectivity index (χ0n) is 10.1. The second-order valence-corrected chi connectivity index (χ2v) is 5.24. The Kier molecular flexibility index (Phi) is 6.96. The van der Waals surface area contributed by atoms with Gasteiger partial charge in [-0.15, -0.1) is 0 Å². The summed E-state index contributed by atoms with van der Waals surface area (Å²) in [5, 5.41) is 14.3. The minimum Gasteiger partial charge on any atom is -0.480 e. The summed E-state index contributed by atoms with van der Waals surface area (Å²) in [5.74, 6) is -1.15. The summed E-state index contributed by atoms with van der Waals surface area (Å²) in [6.07, 6.45) is 1.96. The Hall–Kier alpha value is -0.910. The van der Waals surface area contributed by atoms with E-state index in [1.54, 1.807) is 25.6 Å². The van der Waals surface area contributed by atoms with E-state index < -0.39 is 18.0 Å². The molecule has 94 valence electrons. The van der Waals surface area contributed by atoms with Crippen LogP contribution >= 0.6 is 11.8 Å². The number of aliphatic carboxylic acids is 1. The van der Waals surface area contributed by atoms with Crippen LogP contribution in [0.25, 0.3) is 0 Å². The SMILES string of the molecule is CSC(C)CNC(=O)N[C@H](C(=O)O)C(C)C. The summed E-state index contributed by atoms with van der Waals surface area (Å²) >= 11 is 1.64. The smallest absolute Gasteiger partial charge is 0.326 e.